The Morgan fingerprint density at radius 3 is 2.58 bits per heavy atom. The molecule has 1 aliphatic heterocycles. The lowest BCUT2D eigenvalue weighted by molar-refractivity contribution is -0.136. The summed E-state index contributed by atoms with van der Waals surface area (Å²) in [6, 6.07) is -0.132. The molecule has 0 spiro atoms. The second kappa shape index (κ2) is 6.90. The summed E-state index contributed by atoms with van der Waals surface area (Å²) < 4.78 is 5.68. The molecule has 0 saturated heterocycles. The molecule has 0 bridgehead atoms. The first kappa shape index (κ1) is 18.4. The van der Waals surface area contributed by atoms with E-state index in [1.54, 1.807) is 6.92 Å². The van der Waals surface area contributed by atoms with Gasteiger partial charge in [0, 0.05) is 17.3 Å². The summed E-state index contributed by atoms with van der Waals surface area (Å²) in [7, 11) is 0. The van der Waals surface area contributed by atoms with Crippen molar-refractivity contribution >= 4 is 34.1 Å². The van der Waals surface area contributed by atoms with Crippen molar-refractivity contribution in [3.63, 3.8) is 0 Å². The van der Waals surface area contributed by atoms with Crippen LogP contribution in [0.4, 0.5) is 5.00 Å². The summed E-state index contributed by atoms with van der Waals surface area (Å²) in [5.74, 6) is -2.76. The van der Waals surface area contributed by atoms with Crippen LogP contribution < -0.4 is 10.6 Å². The van der Waals surface area contributed by atoms with Crippen molar-refractivity contribution in [2.75, 3.05) is 5.32 Å². The number of rotatable bonds is 4. The van der Waals surface area contributed by atoms with Gasteiger partial charge in [-0.1, -0.05) is 6.92 Å². The highest BCUT2D eigenvalue weighted by molar-refractivity contribution is 7.17. The van der Waals surface area contributed by atoms with Gasteiger partial charge in [0.2, 0.25) is 0 Å². The van der Waals surface area contributed by atoms with E-state index in [0.717, 1.165) is 16.2 Å². The molecule has 0 aromatic carbocycles. The number of carboxylic acid groups (broad SMARTS) is 1. The number of fused-ring (bicyclic) bond motifs is 1. The molecule has 3 N–H and O–H groups in total. The highest BCUT2D eigenvalue weighted by Crippen LogP contribution is 2.40. The monoisotopic (exact) mass is 354 g/mol. The van der Waals surface area contributed by atoms with Gasteiger partial charge in [-0.2, -0.15) is 0 Å². The molecule has 0 radical (unpaired) electrons. The fraction of sp³-hybridized carbons (Fsp3) is 0.562. The molecule has 8 heteroatoms. The van der Waals surface area contributed by atoms with Crippen molar-refractivity contribution in [1.29, 1.82) is 0 Å². The van der Waals surface area contributed by atoms with Crippen molar-refractivity contribution < 1.29 is 24.2 Å². The highest BCUT2D eigenvalue weighted by Gasteiger charge is 2.34. The van der Waals surface area contributed by atoms with E-state index in [2.05, 4.69) is 10.6 Å². The molecule has 1 aromatic heterocycles. The van der Waals surface area contributed by atoms with Gasteiger partial charge in [0.15, 0.2) is 0 Å². The minimum atomic E-state index is -1.12. The van der Waals surface area contributed by atoms with E-state index in [-0.39, 0.29) is 16.6 Å². The number of carboxylic acids is 1. The molecule has 132 valence electrons. The molecular weight excluding hydrogens is 332 g/mol. The number of ether oxygens (including phenoxy) is 1. The predicted molar refractivity (Wildman–Crippen MR) is 90.4 cm³/mol. The Morgan fingerprint density at radius 2 is 2.00 bits per heavy atom. The number of thiophene rings is 1. The van der Waals surface area contributed by atoms with Crippen LogP contribution in [0, 0.1) is 0 Å². The van der Waals surface area contributed by atoms with Gasteiger partial charge in [0.1, 0.15) is 5.00 Å². The Bertz CT molecular complexity index is 680. The van der Waals surface area contributed by atoms with Crippen LogP contribution in [0.2, 0.25) is 0 Å². The molecule has 7 nitrogen and oxygen atoms in total. The van der Waals surface area contributed by atoms with Gasteiger partial charge >= 0.3 is 17.8 Å². The highest BCUT2D eigenvalue weighted by atomic mass is 32.1. The van der Waals surface area contributed by atoms with E-state index >= 15 is 0 Å². The van der Waals surface area contributed by atoms with Crippen LogP contribution in [-0.2, 0) is 27.4 Å². The molecule has 1 atom stereocenters. The maximum atomic E-state index is 12.0. The van der Waals surface area contributed by atoms with Gasteiger partial charge < -0.3 is 20.5 Å². The minimum absolute atomic E-state index is 0.0519. The molecule has 0 fully saturated rings. The Kier molecular flexibility index (Phi) is 5.29. The first-order valence-electron chi connectivity index (χ1n) is 7.78. The zero-order valence-corrected chi connectivity index (χ0v) is 15.0. The maximum Gasteiger partial charge on any atom is 0.339 e. The number of amides is 2. The Morgan fingerprint density at radius 1 is 1.33 bits per heavy atom. The lowest BCUT2D eigenvalue weighted by Gasteiger charge is -2.30. The quantitative estimate of drug-likeness (QED) is 0.719. The molecule has 2 amide bonds. The van der Waals surface area contributed by atoms with E-state index in [4.69, 9.17) is 4.74 Å². The number of aromatic carboxylic acids is 1. The zero-order chi connectivity index (χ0) is 18.1. The fourth-order valence-corrected chi connectivity index (χ4v) is 3.54. The van der Waals surface area contributed by atoms with Gasteiger partial charge in [0.25, 0.3) is 0 Å². The Hall–Kier alpha value is -1.93. The SMILES string of the molecule is CCC(C)NC(=O)C(=O)Nc1sc2c(c1C(=O)O)CC(C)(C)OC2. The molecule has 1 aromatic rings. The second-order valence-electron chi connectivity index (χ2n) is 6.48. The summed E-state index contributed by atoms with van der Waals surface area (Å²) in [5, 5.41) is 14.7. The van der Waals surface area contributed by atoms with Crippen molar-refractivity contribution in [1.82, 2.24) is 5.32 Å². The van der Waals surface area contributed by atoms with Crippen LogP contribution >= 0.6 is 11.3 Å². The van der Waals surface area contributed by atoms with Crippen LogP contribution in [0.3, 0.4) is 0 Å². The van der Waals surface area contributed by atoms with Crippen molar-refractivity contribution in [2.24, 2.45) is 0 Å². The van der Waals surface area contributed by atoms with Crippen LogP contribution in [-0.4, -0.2) is 34.5 Å². The summed E-state index contributed by atoms with van der Waals surface area (Å²) in [6.07, 6.45) is 1.13. The standard InChI is InChI=1S/C16H22N2O5S/c1-5-8(2)17-12(19)13(20)18-14-11(15(21)22)9-6-16(3,4)23-7-10(9)24-14/h8H,5-7H2,1-4H3,(H,17,19)(H,18,20)(H,21,22). The summed E-state index contributed by atoms with van der Waals surface area (Å²) in [6.45, 7) is 7.74. The number of hydrogen-bond donors (Lipinski definition) is 3. The van der Waals surface area contributed by atoms with Crippen LogP contribution in [0.15, 0.2) is 0 Å². The zero-order valence-electron chi connectivity index (χ0n) is 14.2. The molecule has 24 heavy (non-hydrogen) atoms. The van der Waals surface area contributed by atoms with Crippen LogP contribution in [0.1, 0.15) is 54.9 Å². The fourth-order valence-electron chi connectivity index (χ4n) is 2.42. The van der Waals surface area contributed by atoms with Gasteiger partial charge in [-0.05, 0) is 32.8 Å². The number of nitrogens with one attached hydrogen (secondary N) is 2. The van der Waals surface area contributed by atoms with Crippen LogP contribution in [0.5, 0.6) is 0 Å². The third-order valence-electron chi connectivity index (χ3n) is 3.92. The number of carbonyl (C=O) groups is 3. The number of hydrogen-bond acceptors (Lipinski definition) is 5. The molecule has 2 heterocycles. The van der Waals surface area contributed by atoms with E-state index in [1.807, 2.05) is 20.8 Å². The third kappa shape index (κ3) is 3.93. The summed E-state index contributed by atoms with van der Waals surface area (Å²) in [5.41, 5.74) is 0.255. The first-order chi connectivity index (χ1) is 11.1. The third-order valence-corrected chi connectivity index (χ3v) is 5.05. The maximum absolute atomic E-state index is 12.0. The van der Waals surface area contributed by atoms with E-state index in [0.29, 0.717) is 25.0 Å². The average Bonchev–Trinajstić information content (AvgIpc) is 2.82. The van der Waals surface area contributed by atoms with E-state index < -0.39 is 23.4 Å². The first-order valence-corrected chi connectivity index (χ1v) is 8.60. The average molecular weight is 354 g/mol. The molecule has 1 aliphatic rings. The summed E-state index contributed by atoms with van der Waals surface area (Å²) in [4.78, 5) is 36.3. The van der Waals surface area contributed by atoms with Crippen molar-refractivity contribution in [3.05, 3.63) is 16.0 Å². The predicted octanol–water partition coefficient (Wildman–Crippen LogP) is 2.15. The lowest BCUT2D eigenvalue weighted by Crippen LogP contribution is -2.40. The van der Waals surface area contributed by atoms with Crippen molar-refractivity contribution in [2.45, 2.75) is 58.8 Å². The molecular formula is C16H22N2O5S. The largest absolute Gasteiger partial charge is 0.478 e. The minimum Gasteiger partial charge on any atom is -0.478 e. The molecule has 1 unspecified atom stereocenters. The van der Waals surface area contributed by atoms with Gasteiger partial charge in [-0.15, -0.1) is 11.3 Å². The summed E-state index contributed by atoms with van der Waals surface area (Å²) >= 11 is 1.14. The lowest BCUT2D eigenvalue weighted by atomic mass is 9.93. The number of anilines is 1. The van der Waals surface area contributed by atoms with E-state index in [1.165, 1.54) is 0 Å². The van der Waals surface area contributed by atoms with E-state index in [9.17, 15) is 19.5 Å². The second-order valence-corrected chi connectivity index (χ2v) is 7.58. The van der Waals surface area contributed by atoms with Crippen LogP contribution in [0.25, 0.3) is 0 Å². The number of carbonyl (C=O) groups excluding carboxylic acids is 2. The van der Waals surface area contributed by atoms with Gasteiger partial charge in [-0.3, -0.25) is 9.59 Å². The van der Waals surface area contributed by atoms with Gasteiger partial charge in [-0.25, -0.2) is 4.79 Å². The topological polar surface area (TPSA) is 105 Å². The van der Waals surface area contributed by atoms with Crippen molar-refractivity contribution in [3.8, 4) is 0 Å². The molecule has 2 rings (SSSR count). The molecule has 0 saturated carbocycles. The van der Waals surface area contributed by atoms with Gasteiger partial charge in [0.05, 0.1) is 17.8 Å². The Balaban J connectivity index is 2.25. The Labute approximate surface area is 144 Å². The smallest absolute Gasteiger partial charge is 0.339 e. The molecule has 0 aliphatic carbocycles. The normalized spacial score (nSPS) is 16.8.